The van der Waals surface area contributed by atoms with Gasteiger partial charge in [0.2, 0.25) is 4.80 Å². The molecule has 2 N–H and O–H groups in total. The van der Waals surface area contributed by atoms with Crippen LogP contribution in [-0.4, -0.2) is 16.9 Å². The summed E-state index contributed by atoms with van der Waals surface area (Å²) < 4.78 is 7.22. The predicted octanol–water partition coefficient (Wildman–Crippen LogP) is 7.04. The van der Waals surface area contributed by atoms with E-state index in [9.17, 15) is 5.11 Å². The number of phenolic OH excluding ortho intramolecular Hbond substituents is 1. The molecule has 0 aliphatic rings. The van der Waals surface area contributed by atoms with Crippen LogP contribution in [0.3, 0.4) is 0 Å². The van der Waals surface area contributed by atoms with Crippen molar-refractivity contribution in [3.63, 3.8) is 0 Å². The summed E-state index contributed by atoms with van der Waals surface area (Å²) in [5.74, 6) is 0.996. The first-order chi connectivity index (χ1) is 17.6. The van der Waals surface area contributed by atoms with Crippen LogP contribution in [0.25, 0.3) is 28.1 Å². The average Bonchev–Trinajstić information content (AvgIpc) is 3.31. The summed E-state index contributed by atoms with van der Waals surface area (Å²) in [6.45, 7) is 4.22. The van der Waals surface area contributed by atoms with E-state index in [1.165, 1.54) is 16.9 Å². The van der Waals surface area contributed by atoms with Gasteiger partial charge in [0, 0.05) is 10.9 Å². The Morgan fingerprint density at radius 3 is 2.14 bits per heavy atom. The van der Waals surface area contributed by atoms with Gasteiger partial charge in [-0.3, -0.25) is 5.43 Å². The smallest absolute Gasteiger partial charge is 0.209 e. The number of benzene rings is 4. The highest BCUT2D eigenvalue weighted by Gasteiger charge is 2.11. The number of rotatable bonds is 7. The first-order valence-electron chi connectivity index (χ1n) is 11.4. The minimum Gasteiger partial charge on any atom is -0.508 e. The van der Waals surface area contributed by atoms with Gasteiger partial charge in [-0.1, -0.05) is 61.2 Å². The lowest BCUT2D eigenvalue weighted by Crippen LogP contribution is -2.25. The van der Waals surface area contributed by atoms with Crippen LogP contribution in [0.2, 0.25) is 0 Å². The Labute approximate surface area is 213 Å². The molecule has 5 rings (SSSR count). The van der Waals surface area contributed by atoms with Gasteiger partial charge in [-0.05, 0) is 65.2 Å². The second-order valence-electron chi connectivity index (χ2n) is 8.13. The zero-order valence-electron chi connectivity index (χ0n) is 19.8. The molecule has 1 heterocycles. The Morgan fingerprint density at radius 1 is 0.833 bits per heavy atom. The molecule has 0 unspecified atom stereocenters. The second-order valence-corrected chi connectivity index (χ2v) is 8.97. The van der Waals surface area contributed by atoms with Crippen molar-refractivity contribution in [2.75, 3.05) is 12.5 Å². The van der Waals surface area contributed by atoms with Crippen molar-refractivity contribution in [2.24, 2.45) is 4.99 Å². The summed E-state index contributed by atoms with van der Waals surface area (Å²) in [5.41, 5.74) is 10.1. The van der Waals surface area contributed by atoms with Crippen molar-refractivity contribution in [3.05, 3.63) is 125 Å². The maximum Gasteiger partial charge on any atom is 0.209 e. The number of thiazole rings is 1. The molecular formula is C30H25N3O2S. The quantitative estimate of drug-likeness (QED) is 0.257. The summed E-state index contributed by atoms with van der Waals surface area (Å²) in [7, 11) is 1.65. The largest absolute Gasteiger partial charge is 0.508 e. The van der Waals surface area contributed by atoms with Crippen molar-refractivity contribution in [1.29, 1.82) is 0 Å². The van der Waals surface area contributed by atoms with Crippen LogP contribution in [0, 0.1) is 0 Å². The molecule has 0 atom stereocenters. The van der Waals surface area contributed by atoms with Crippen molar-refractivity contribution < 1.29 is 9.84 Å². The standard InChI is InChI=1S/C30H25N3O2S/c1-21(22-12-16-27(34)17-13-22)32-33-29(20-36-30(33)31-26-14-18-28(35-2)19-15-26)25-10-8-24(9-11-25)23-6-4-3-5-7-23/h3-20,32,34H,1H2,2H3. The Balaban J connectivity index is 1.55. The third-order valence-corrected chi connectivity index (χ3v) is 6.58. The van der Waals surface area contributed by atoms with E-state index >= 15 is 0 Å². The zero-order chi connectivity index (χ0) is 24.9. The molecule has 0 saturated carbocycles. The fourth-order valence-electron chi connectivity index (χ4n) is 3.79. The molecule has 36 heavy (non-hydrogen) atoms. The maximum atomic E-state index is 9.66. The topological polar surface area (TPSA) is 58.8 Å². The lowest BCUT2D eigenvalue weighted by Gasteiger charge is -2.15. The predicted molar refractivity (Wildman–Crippen MR) is 148 cm³/mol. The molecule has 0 aliphatic heterocycles. The SMILES string of the molecule is C=C(Nn1c(-c2ccc(-c3ccccc3)cc2)csc1=Nc1ccc(OC)cc1)c1ccc(O)cc1. The van der Waals surface area contributed by atoms with E-state index < -0.39 is 0 Å². The molecule has 0 radical (unpaired) electrons. The number of methoxy groups -OCH3 is 1. The number of phenols is 1. The summed E-state index contributed by atoms with van der Waals surface area (Å²) >= 11 is 1.54. The Hall–Kier alpha value is -4.55. The summed E-state index contributed by atoms with van der Waals surface area (Å²) in [4.78, 5) is 5.64. The van der Waals surface area contributed by atoms with E-state index in [-0.39, 0.29) is 5.75 Å². The average molecular weight is 492 g/mol. The molecule has 6 heteroatoms. The zero-order valence-corrected chi connectivity index (χ0v) is 20.6. The fraction of sp³-hybridized carbons (Fsp3) is 0.0333. The monoisotopic (exact) mass is 491 g/mol. The van der Waals surface area contributed by atoms with Crippen LogP contribution in [0.4, 0.5) is 5.69 Å². The van der Waals surface area contributed by atoms with E-state index in [4.69, 9.17) is 9.73 Å². The van der Waals surface area contributed by atoms with Crippen molar-refractivity contribution in [2.45, 2.75) is 0 Å². The molecule has 0 fully saturated rings. The first-order valence-corrected chi connectivity index (χ1v) is 12.3. The number of ether oxygens (including phenoxy) is 1. The molecule has 0 aliphatic carbocycles. The number of aromatic nitrogens is 1. The molecule has 0 spiro atoms. The van der Waals surface area contributed by atoms with Crippen LogP contribution in [0.15, 0.2) is 120 Å². The van der Waals surface area contributed by atoms with Crippen LogP contribution < -0.4 is 15.0 Å². The van der Waals surface area contributed by atoms with Crippen molar-refractivity contribution >= 4 is 22.7 Å². The minimum absolute atomic E-state index is 0.212. The van der Waals surface area contributed by atoms with Gasteiger partial charge < -0.3 is 9.84 Å². The molecule has 0 bridgehead atoms. The van der Waals surface area contributed by atoms with Gasteiger partial charge in [0.1, 0.15) is 11.5 Å². The van der Waals surface area contributed by atoms with Crippen molar-refractivity contribution in [1.82, 2.24) is 4.68 Å². The molecule has 4 aromatic carbocycles. The van der Waals surface area contributed by atoms with Crippen molar-refractivity contribution in [3.8, 4) is 33.9 Å². The van der Waals surface area contributed by atoms with Gasteiger partial charge in [-0.25, -0.2) is 9.67 Å². The second kappa shape index (κ2) is 10.4. The number of aromatic hydroxyl groups is 1. The van der Waals surface area contributed by atoms with E-state index in [2.05, 4.69) is 53.8 Å². The highest BCUT2D eigenvalue weighted by atomic mass is 32.1. The Bertz CT molecular complexity index is 1530. The van der Waals surface area contributed by atoms with Gasteiger partial charge >= 0.3 is 0 Å². The molecule has 178 valence electrons. The molecule has 5 nitrogen and oxygen atoms in total. The highest BCUT2D eigenvalue weighted by Crippen LogP contribution is 2.26. The number of nitrogens with one attached hydrogen (secondary N) is 1. The van der Waals surface area contributed by atoms with E-state index in [1.807, 2.05) is 59.3 Å². The molecule has 0 saturated heterocycles. The van der Waals surface area contributed by atoms with Gasteiger partial charge in [-0.15, -0.1) is 11.3 Å². The van der Waals surface area contributed by atoms with Crippen LogP contribution in [0.5, 0.6) is 11.5 Å². The lowest BCUT2D eigenvalue weighted by molar-refractivity contribution is 0.415. The Morgan fingerprint density at radius 2 is 1.47 bits per heavy atom. The van der Waals surface area contributed by atoms with Crippen LogP contribution >= 0.6 is 11.3 Å². The highest BCUT2D eigenvalue weighted by molar-refractivity contribution is 7.07. The van der Waals surface area contributed by atoms with Crippen LogP contribution in [0.1, 0.15) is 5.56 Å². The van der Waals surface area contributed by atoms with E-state index in [0.29, 0.717) is 5.70 Å². The number of hydrogen-bond donors (Lipinski definition) is 2. The summed E-state index contributed by atoms with van der Waals surface area (Å²) in [6.07, 6.45) is 0. The third-order valence-electron chi connectivity index (χ3n) is 5.76. The minimum atomic E-state index is 0.212. The van der Waals surface area contributed by atoms with Gasteiger partial charge in [0.15, 0.2) is 0 Å². The molecule has 5 aromatic rings. The van der Waals surface area contributed by atoms with Gasteiger partial charge in [0.05, 0.1) is 24.2 Å². The normalized spacial score (nSPS) is 11.3. The van der Waals surface area contributed by atoms with Gasteiger partial charge in [-0.2, -0.15) is 0 Å². The van der Waals surface area contributed by atoms with Gasteiger partial charge in [0.25, 0.3) is 0 Å². The maximum absolute atomic E-state index is 9.66. The summed E-state index contributed by atoms with van der Waals surface area (Å²) in [6, 6.07) is 33.4. The molecule has 0 amide bonds. The lowest BCUT2D eigenvalue weighted by atomic mass is 10.0. The van der Waals surface area contributed by atoms with E-state index in [0.717, 1.165) is 38.6 Å². The first kappa shape index (κ1) is 23.2. The number of nitrogens with zero attached hydrogens (tertiary/aromatic N) is 2. The van der Waals surface area contributed by atoms with E-state index in [1.54, 1.807) is 19.2 Å². The number of hydrogen-bond acceptors (Lipinski definition) is 5. The fourth-order valence-corrected chi connectivity index (χ4v) is 4.66. The molecule has 1 aromatic heterocycles. The van der Waals surface area contributed by atoms with Crippen LogP contribution in [-0.2, 0) is 0 Å². The third kappa shape index (κ3) is 5.09. The molecular weight excluding hydrogens is 466 g/mol. The summed E-state index contributed by atoms with van der Waals surface area (Å²) in [5, 5.41) is 11.7. The Kier molecular flexibility index (Phi) is 6.69.